The van der Waals surface area contributed by atoms with Gasteiger partial charge in [0.05, 0.1) is 6.42 Å². The van der Waals surface area contributed by atoms with E-state index >= 15 is 0 Å². The highest BCUT2D eigenvalue weighted by Crippen LogP contribution is 2.30. The molecule has 0 aliphatic carbocycles. The number of benzene rings is 1. The molecular formula is C24H28FN3O6. The molecule has 1 aromatic carbocycles. The van der Waals surface area contributed by atoms with Crippen LogP contribution in [0.4, 0.5) is 4.39 Å². The molecule has 0 bridgehead atoms. The first-order valence-corrected chi connectivity index (χ1v) is 11.5. The number of ether oxygens (including phenoxy) is 2. The molecule has 10 heteroatoms. The molecule has 3 aliphatic rings. The van der Waals surface area contributed by atoms with Crippen LogP contribution in [0.3, 0.4) is 0 Å². The molecule has 2 unspecified atom stereocenters. The molecule has 2 saturated heterocycles. The van der Waals surface area contributed by atoms with Crippen LogP contribution in [-0.2, 0) is 23.9 Å². The van der Waals surface area contributed by atoms with Gasteiger partial charge in [-0.25, -0.2) is 4.39 Å². The zero-order valence-corrected chi connectivity index (χ0v) is 18.9. The van der Waals surface area contributed by atoms with Crippen LogP contribution in [-0.4, -0.2) is 65.7 Å². The second-order valence-electron chi connectivity index (χ2n) is 8.60. The zero-order chi connectivity index (χ0) is 24.2. The van der Waals surface area contributed by atoms with Crippen molar-refractivity contribution in [2.24, 2.45) is 0 Å². The highest BCUT2D eigenvalue weighted by Gasteiger charge is 2.45. The molecule has 0 saturated carbocycles. The largest absolute Gasteiger partial charge is 0.433 e. The third-order valence-electron chi connectivity index (χ3n) is 6.32. The molecule has 3 amide bonds. The van der Waals surface area contributed by atoms with Crippen molar-refractivity contribution in [3.05, 3.63) is 47.8 Å². The Morgan fingerprint density at radius 3 is 2.74 bits per heavy atom. The fraction of sp³-hybridized carbons (Fsp3) is 0.500. The van der Waals surface area contributed by atoms with Crippen LogP contribution in [0.1, 0.15) is 49.4 Å². The standard InChI is InChI=1S/C24H28FN3O6/c1-2-33-24-18(13-20(29)34-24)27-22(31)19-11-10-16-8-3-4-9-17(23(32)28(16)19)26-21(30)14-6-5-7-15(25)12-14/h3-7,12,16-19,24H,2,8-11,13H2,1H3,(H,26,30)(H,27,31)/t16-,17+,18?,19+,24?/m1/s1. The fourth-order valence-electron chi connectivity index (χ4n) is 4.71. The lowest BCUT2D eigenvalue weighted by Crippen LogP contribution is -2.57. The molecule has 3 heterocycles. The summed E-state index contributed by atoms with van der Waals surface area (Å²) in [6, 6.07) is 2.78. The second kappa shape index (κ2) is 10.3. The Bertz CT molecular complexity index is 999. The third kappa shape index (κ3) is 5.11. The van der Waals surface area contributed by atoms with E-state index in [1.165, 1.54) is 18.2 Å². The van der Waals surface area contributed by atoms with Crippen LogP contribution >= 0.6 is 0 Å². The van der Waals surface area contributed by atoms with E-state index in [2.05, 4.69) is 10.6 Å². The van der Waals surface area contributed by atoms with Gasteiger partial charge in [0.2, 0.25) is 18.1 Å². The molecule has 0 aromatic heterocycles. The van der Waals surface area contributed by atoms with Crippen LogP contribution < -0.4 is 10.6 Å². The molecular weight excluding hydrogens is 445 g/mol. The van der Waals surface area contributed by atoms with E-state index < -0.39 is 42.1 Å². The van der Waals surface area contributed by atoms with Crippen molar-refractivity contribution >= 4 is 23.7 Å². The number of nitrogens with one attached hydrogen (secondary N) is 2. The van der Waals surface area contributed by atoms with Crippen molar-refractivity contribution < 1.29 is 33.0 Å². The molecule has 0 radical (unpaired) electrons. The van der Waals surface area contributed by atoms with Gasteiger partial charge in [-0.3, -0.25) is 19.2 Å². The molecule has 9 nitrogen and oxygen atoms in total. The van der Waals surface area contributed by atoms with Gasteiger partial charge in [-0.05, 0) is 50.8 Å². The Kier molecular flexibility index (Phi) is 7.26. The molecule has 5 atom stereocenters. The average molecular weight is 474 g/mol. The number of carbonyl (C=O) groups excluding carboxylic acids is 4. The monoisotopic (exact) mass is 473 g/mol. The van der Waals surface area contributed by atoms with Gasteiger partial charge in [-0.15, -0.1) is 0 Å². The maximum absolute atomic E-state index is 13.5. The number of nitrogens with zero attached hydrogens (tertiary/aromatic N) is 1. The van der Waals surface area contributed by atoms with Gasteiger partial charge >= 0.3 is 5.97 Å². The Labute approximate surface area is 196 Å². The normalized spacial score (nSPS) is 28.6. The molecule has 2 N–H and O–H groups in total. The highest BCUT2D eigenvalue weighted by molar-refractivity contribution is 5.98. The molecule has 4 rings (SSSR count). The molecule has 182 valence electrons. The van der Waals surface area contributed by atoms with Crippen LogP contribution in [0.5, 0.6) is 0 Å². The number of rotatable bonds is 6. The summed E-state index contributed by atoms with van der Waals surface area (Å²) >= 11 is 0. The van der Waals surface area contributed by atoms with Gasteiger partial charge in [0.15, 0.2) is 0 Å². The van der Waals surface area contributed by atoms with E-state index in [1.54, 1.807) is 11.8 Å². The van der Waals surface area contributed by atoms with Gasteiger partial charge in [0.1, 0.15) is 23.9 Å². The first-order valence-electron chi connectivity index (χ1n) is 11.5. The summed E-state index contributed by atoms with van der Waals surface area (Å²) in [5.74, 6) is -2.32. The van der Waals surface area contributed by atoms with Gasteiger partial charge in [0, 0.05) is 18.2 Å². The lowest BCUT2D eigenvalue weighted by molar-refractivity contribution is -0.164. The van der Waals surface area contributed by atoms with E-state index in [-0.39, 0.29) is 36.3 Å². The van der Waals surface area contributed by atoms with E-state index in [0.29, 0.717) is 25.9 Å². The molecule has 2 fully saturated rings. The molecule has 0 spiro atoms. The minimum absolute atomic E-state index is 0.00441. The van der Waals surface area contributed by atoms with Crippen molar-refractivity contribution in [2.45, 2.75) is 69.5 Å². The van der Waals surface area contributed by atoms with E-state index in [4.69, 9.17) is 9.47 Å². The Morgan fingerprint density at radius 1 is 1.18 bits per heavy atom. The summed E-state index contributed by atoms with van der Waals surface area (Å²) < 4.78 is 24.1. The highest BCUT2D eigenvalue weighted by atomic mass is 19.1. The number of esters is 1. The number of amides is 3. The SMILES string of the molecule is CCOC1OC(=O)CC1NC(=O)[C@@H]1CC[C@H]2CC=CC[C@H](NC(=O)c3cccc(F)c3)C(=O)N21. The summed E-state index contributed by atoms with van der Waals surface area (Å²) in [7, 11) is 0. The van der Waals surface area contributed by atoms with Gasteiger partial charge in [-0.2, -0.15) is 0 Å². The van der Waals surface area contributed by atoms with Crippen molar-refractivity contribution in [3.63, 3.8) is 0 Å². The first-order chi connectivity index (χ1) is 16.4. The number of hydrogen-bond donors (Lipinski definition) is 2. The lowest BCUT2D eigenvalue weighted by atomic mass is 10.0. The topological polar surface area (TPSA) is 114 Å². The minimum Gasteiger partial charge on any atom is -0.433 e. The fourth-order valence-corrected chi connectivity index (χ4v) is 4.71. The zero-order valence-electron chi connectivity index (χ0n) is 18.9. The quantitative estimate of drug-likeness (QED) is 0.477. The van der Waals surface area contributed by atoms with Gasteiger partial charge in [0.25, 0.3) is 5.91 Å². The number of carbonyl (C=O) groups is 4. The maximum Gasteiger partial charge on any atom is 0.310 e. The maximum atomic E-state index is 13.5. The van der Waals surface area contributed by atoms with Gasteiger partial charge in [-0.1, -0.05) is 18.2 Å². The summed E-state index contributed by atoms with van der Waals surface area (Å²) in [5.41, 5.74) is 0.110. The number of halogens is 1. The Hall–Kier alpha value is -3.27. The Morgan fingerprint density at radius 2 is 1.97 bits per heavy atom. The van der Waals surface area contributed by atoms with Crippen LogP contribution in [0.15, 0.2) is 36.4 Å². The minimum atomic E-state index is -0.893. The predicted molar refractivity (Wildman–Crippen MR) is 118 cm³/mol. The third-order valence-corrected chi connectivity index (χ3v) is 6.32. The van der Waals surface area contributed by atoms with Crippen molar-refractivity contribution in [1.82, 2.24) is 15.5 Å². The summed E-state index contributed by atoms with van der Waals surface area (Å²) in [6.45, 7) is 2.08. The average Bonchev–Trinajstić information content (AvgIpc) is 3.37. The number of hydrogen-bond acceptors (Lipinski definition) is 6. The first kappa shape index (κ1) is 23.9. The van der Waals surface area contributed by atoms with Crippen molar-refractivity contribution in [3.8, 4) is 0 Å². The molecule has 1 aromatic rings. The van der Waals surface area contributed by atoms with Crippen molar-refractivity contribution in [1.29, 1.82) is 0 Å². The van der Waals surface area contributed by atoms with E-state index in [1.807, 2.05) is 12.2 Å². The number of fused-ring (bicyclic) bond motifs is 1. The smallest absolute Gasteiger partial charge is 0.310 e. The van der Waals surface area contributed by atoms with Crippen LogP contribution in [0.25, 0.3) is 0 Å². The second-order valence-corrected chi connectivity index (χ2v) is 8.60. The molecule has 3 aliphatic heterocycles. The van der Waals surface area contributed by atoms with E-state index in [0.717, 1.165) is 6.07 Å². The molecule has 34 heavy (non-hydrogen) atoms. The predicted octanol–water partition coefficient (Wildman–Crippen LogP) is 1.43. The summed E-state index contributed by atoms with van der Waals surface area (Å²) in [5, 5.41) is 5.50. The van der Waals surface area contributed by atoms with Crippen molar-refractivity contribution in [2.75, 3.05) is 6.61 Å². The lowest BCUT2D eigenvalue weighted by Gasteiger charge is -2.34. The van der Waals surface area contributed by atoms with Crippen LogP contribution in [0, 0.1) is 5.82 Å². The number of cyclic esters (lactones) is 1. The van der Waals surface area contributed by atoms with E-state index in [9.17, 15) is 23.6 Å². The van der Waals surface area contributed by atoms with Crippen LogP contribution in [0.2, 0.25) is 0 Å². The summed E-state index contributed by atoms with van der Waals surface area (Å²) in [6.07, 6.45) is 4.88. The van der Waals surface area contributed by atoms with Gasteiger partial charge < -0.3 is 25.0 Å². The Balaban J connectivity index is 1.48. The summed E-state index contributed by atoms with van der Waals surface area (Å²) in [4.78, 5) is 52.6.